The van der Waals surface area contributed by atoms with Gasteiger partial charge in [-0.2, -0.15) is 0 Å². The van der Waals surface area contributed by atoms with E-state index in [1.807, 2.05) is 37.3 Å². The lowest BCUT2D eigenvalue weighted by Crippen LogP contribution is -2.30. The Morgan fingerprint density at radius 3 is 2.50 bits per heavy atom. The molecule has 7 nitrogen and oxygen atoms in total. The highest BCUT2D eigenvalue weighted by Gasteiger charge is 2.38. The van der Waals surface area contributed by atoms with Crippen molar-refractivity contribution >= 4 is 17.7 Å². The molecule has 2 aromatic rings. The van der Waals surface area contributed by atoms with Crippen molar-refractivity contribution in [2.75, 3.05) is 27.4 Å². The summed E-state index contributed by atoms with van der Waals surface area (Å²) in [5, 5.41) is 0. The second kappa shape index (κ2) is 9.43. The Bertz CT molecular complexity index is 927. The van der Waals surface area contributed by atoms with Crippen molar-refractivity contribution < 1.29 is 28.6 Å². The van der Waals surface area contributed by atoms with Gasteiger partial charge in [0.2, 0.25) is 11.7 Å². The Morgan fingerprint density at radius 1 is 1.10 bits per heavy atom. The van der Waals surface area contributed by atoms with Gasteiger partial charge in [0.1, 0.15) is 11.5 Å². The molecule has 1 fully saturated rings. The van der Waals surface area contributed by atoms with Crippen LogP contribution in [-0.4, -0.2) is 49.9 Å². The van der Waals surface area contributed by atoms with Crippen LogP contribution in [0.2, 0.25) is 0 Å². The first-order valence-corrected chi connectivity index (χ1v) is 9.70. The first-order chi connectivity index (χ1) is 14.4. The molecule has 1 aliphatic rings. The van der Waals surface area contributed by atoms with E-state index in [0.29, 0.717) is 17.1 Å². The summed E-state index contributed by atoms with van der Waals surface area (Å²) in [6.45, 7) is 1.79. The summed E-state index contributed by atoms with van der Waals surface area (Å²) >= 11 is 0. The smallest absolute Gasteiger partial charge is 0.311 e. The fourth-order valence-corrected chi connectivity index (χ4v) is 3.54. The molecule has 30 heavy (non-hydrogen) atoms. The molecule has 0 N–H and O–H groups in total. The molecule has 0 radical (unpaired) electrons. The van der Waals surface area contributed by atoms with E-state index >= 15 is 0 Å². The molecule has 7 heteroatoms. The van der Waals surface area contributed by atoms with E-state index in [2.05, 4.69) is 0 Å². The molecule has 0 aromatic heterocycles. The number of carbonyl (C=O) groups is 3. The van der Waals surface area contributed by atoms with Crippen molar-refractivity contribution in [3.63, 3.8) is 0 Å². The summed E-state index contributed by atoms with van der Waals surface area (Å²) in [7, 11) is 2.97. The van der Waals surface area contributed by atoms with Gasteiger partial charge in [-0.1, -0.05) is 30.3 Å². The van der Waals surface area contributed by atoms with Gasteiger partial charge in [-0.25, -0.2) is 0 Å². The SMILES string of the molecule is COc1ccc(C(=O)COC(=O)[C@H]2CC(=O)N([C@H](C)c3ccccc3)C2)c(OC)c1. The lowest BCUT2D eigenvalue weighted by Gasteiger charge is -2.25. The number of ether oxygens (including phenoxy) is 3. The molecule has 0 saturated carbocycles. The Hall–Kier alpha value is -3.35. The van der Waals surface area contributed by atoms with Crippen LogP contribution < -0.4 is 9.47 Å². The maximum atomic E-state index is 12.5. The summed E-state index contributed by atoms with van der Waals surface area (Å²) in [4.78, 5) is 39.1. The molecule has 158 valence electrons. The average molecular weight is 411 g/mol. The Balaban J connectivity index is 1.59. The summed E-state index contributed by atoms with van der Waals surface area (Å²) in [5.74, 6) is -0.730. The zero-order chi connectivity index (χ0) is 21.7. The van der Waals surface area contributed by atoms with Crippen LogP contribution in [0.15, 0.2) is 48.5 Å². The lowest BCUT2D eigenvalue weighted by molar-refractivity contribution is -0.147. The van der Waals surface area contributed by atoms with Gasteiger partial charge < -0.3 is 19.1 Å². The van der Waals surface area contributed by atoms with E-state index in [0.717, 1.165) is 5.56 Å². The Labute approximate surface area is 175 Å². The highest BCUT2D eigenvalue weighted by Crippen LogP contribution is 2.29. The summed E-state index contributed by atoms with van der Waals surface area (Å²) in [5.41, 5.74) is 1.30. The van der Waals surface area contributed by atoms with Crippen molar-refractivity contribution in [2.24, 2.45) is 5.92 Å². The van der Waals surface area contributed by atoms with Crippen LogP contribution in [0.1, 0.15) is 35.3 Å². The first kappa shape index (κ1) is 21.4. The summed E-state index contributed by atoms with van der Waals surface area (Å²) in [6, 6.07) is 14.3. The third-order valence-corrected chi connectivity index (χ3v) is 5.30. The van der Waals surface area contributed by atoms with Crippen LogP contribution in [0, 0.1) is 5.92 Å². The number of likely N-dealkylation sites (tertiary alicyclic amines) is 1. The molecule has 3 rings (SSSR count). The fraction of sp³-hybridized carbons (Fsp3) is 0.348. The molecular formula is C23H25NO6. The zero-order valence-electron chi connectivity index (χ0n) is 17.3. The monoisotopic (exact) mass is 411 g/mol. The number of hydrogen-bond acceptors (Lipinski definition) is 6. The number of benzene rings is 2. The number of amides is 1. The molecule has 2 atom stereocenters. The molecule has 1 heterocycles. The highest BCUT2D eigenvalue weighted by molar-refractivity contribution is 6.00. The van der Waals surface area contributed by atoms with Gasteiger partial charge in [0.05, 0.1) is 31.7 Å². The van der Waals surface area contributed by atoms with Gasteiger partial charge in [-0.15, -0.1) is 0 Å². The molecule has 0 spiro atoms. The number of ketones is 1. The fourth-order valence-electron chi connectivity index (χ4n) is 3.54. The second-order valence-corrected chi connectivity index (χ2v) is 7.13. The van der Waals surface area contributed by atoms with E-state index < -0.39 is 18.5 Å². The van der Waals surface area contributed by atoms with Crippen LogP contribution in [-0.2, 0) is 14.3 Å². The minimum absolute atomic E-state index is 0.0794. The Kier molecular flexibility index (Phi) is 6.72. The summed E-state index contributed by atoms with van der Waals surface area (Å²) in [6.07, 6.45) is 0.0794. The number of hydrogen-bond donors (Lipinski definition) is 0. The van der Waals surface area contributed by atoms with Gasteiger partial charge in [-0.05, 0) is 24.6 Å². The predicted molar refractivity (Wildman–Crippen MR) is 110 cm³/mol. The van der Waals surface area contributed by atoms with E-state index in [-0.39, 0.29) is 30.7 Å². The van der Waals surface area contributed by atoms with E-state index in [9.17, 15) is 14.4 Å². The maximum absolute atomic E-state index is 12.5. The van der Waals surface area contributed by atoms with Crippen molar-refractivity contribution in [3.8, 4) is 11.5 Å². The number of methoxy groups -OCH3 is 2. The third-order valence-electron chi connectivity index (χ3n) is 5.30. The minimum Gasteiger partial charge on any atom is -0.497 e. The van der Waals surface area contributed by atoms with Gasteiger partial charge in [0.25, 0.3) is 0 Å². The maximum Gasteiger partial charge on any atom is 0.311 e. The van der Waals surface area contributed by atoms with Crippen molar-refractivity contribution in [1.29, 1.82) is 0 Å². The largest absolute Gasteiger partial charge is 0.497 e. The van der Waals surface area contributed by atoms with Crippen LogP contribution in [0.25, 0.3) is 0 Å². The zero-order valence-corrected chi connectivity index (χ0v) is 17.3. The molecule has 1 amide bonds. The first-order valence-electron chi connectivity index (χ1n) is 9.70. The second-order valence-electron chi connectivity index (χ2n) is 7.13. The van der Waals surface area contributed by atoms with Crippen LogP contribution in [0.3, 0.4) is 0 Å². The number of rotatable bonds is 8. The molecule has 0 aliphatic carbocycles. The van der Waals surface area contributed by atoms with Crippen molar-refractivity contribution in [3.05, 3.63) is 59.7 Å². The minimum atomic E-state index is -0.589. The molecule has 2 aromatic carbocycles. The molecular weight excluding hydrogens is 386 g/mol. The highest BCUT2D eigenvalue weighted by atomic mass is 16.5. The van der Waals surface area contributed by atoms with Gasteiger partial charge in [0, 0.05) is 19.0 Å². The third kappa shape index (κ3) is 4.62. The van der Waals surface area contributed by atoms with E-state index in [4.69, 9.17) is 14.2 Å². The number of nitrogens with zero attached hydrogens (tertiary/aromatic N) is 1. The summed E-state index contributed by atoms with van der Waals surface area (Å²) < 4.78 is 15.6. The molecule has 0 bridgehead atoms. The van der Waals surface area contributed by atoms with Gasteiger partial charge >= 0.3 is 5.97 Å². The predicted octanol–water partition coefficient (Wildman–Crippen LogP) is 3.04. The molecule has 1 aliphatic heterocycles. The van der Waals surface area contributed by atoms with Gasteiger partial charge in [0.15, 0.2) is 6.61 Å². The van der Waals surface area contributed by atoms with Crippen LogP contribution in [0.4, 0.5) is 0 Å². The lowest BCUT2D eigenvalue weighted by atomic mass is 10.1. The van der Waals surface area contributed by atoms with Gasteiger partial charge in [-0.3, -0.25) is 14.4 Å². The van der Waals surface area contributed by atoms with Crippen LogP contribution >= 0.6 is 0 Å². The Morgan fingerprint density at radius 2 is 1.83 bits per heavy atom. The van der Waals surface area contributed by atoms with Crippen molar-refractivity contribution in [1.82, 2.24) is 4.90 Å². The van der Waals surface area contributed by atoms with Crippen molar-refractivity contribution in [2.45, 2.75) is 19.4 Å². The number of carbonyl (C=O) groups excluding carboxylic acids is 3. The quantitative estimate of drug-likeness (QED) is 0.491. The number of esters is 1. The van der Waals surface area contributed by atoms with E-state index in [1.165, 1.54) is 14.2 Å². The average Bonchev–Trinajstić information content (AvgIpc) is 3.18. The van der Waals surface area contributed by atoms with E-state index in [1.54, 1.807) is 23.1 Å². The standard InChI is InChI=1S/C23H25NO6/c1-15(16-7-5-4-6-8-16)24-13-17(11-22(24)26)23(27)30-14-20(25)19-10-9-18(28-2)12-21(19)29-3/h4-10,12,15,17H,11,13-14H2,1-3H3/t15-,17+/m1/s1. The molecule has 0 unspecified atom stereocenters. The normalized spacial score (nSPS) is 16.8. The van der Waals surface area contributed by atoms with Crippen LogP contribution in [0.5, 0.6) is 11.5 Å². The topological polar surface area (TPSA) is 82.1 Å². The molecule has 1 saturated heterocycles. The number of Topliss-reactive ketones (excluding diaryl/α,β-unsaturated/α-hetero) is 1.